The maximum Gasteiger partial charge on any atom is 0.237 e. The third-order valence-corrected chi connectivity index (χ3v) is 4.43. The van der Waals surface area contributed by atoms with E-state index >= 15 is 0 Å². The van der Waals surface area contributed by atoms with Crippen molar-refractivity contribution in [2.75, 3.05) is 10.6 Å². The summed E-state index contributed by atoms with van der Waals surface area (Å²) < 4.78 is 0. The van der Waals surface area contributed by atoms with Crippen molar-refractivity contribution in [1.29, 1.82) is 0 Å². The lowest BCUT2D eigenvalue weighted by Gasteiger charge is -2.13. The molecule has 0 aliphatic rings. The van der Waals surface area contributed by atoms with E-state index in [-0.39, 0.29) is 17.1 Å². The fourth-order valence-corrected chi connectivity index (χ4v) is 2.93. The first-order chi connectivity index (χ1) is 11.0. The number of anilines is 2. The first-order valence-electron chi connectivity index (χ1n) is 7.05. The molecule has 2 aromatic carbocycles. The van der Waals surface area contributed by atoms with E-state index in [1.54, 1.807) is 12.1 Å². The quantitative estimate of drug-likeness (QED) is 0.786. The van der Waals surface area contributed by atoms with Crippen LogP contribution in [-0.2, 0) is 9.59 Å². The average molecular weight is 349 g/mol. The van der Waals surface area contributed by atoms with Gasteiger partial charge in [-0.15, -0.1) is 11.8 Å². The minimum atomic E-state index is -0.280. The summed E-state index contributed by atoms with van der Waals surface area (Å²) in [7, 11) is 0. The Kier molecular flexibility index (Phi) is 6.07. The van der Waals surface area contributed by atoms with Crippen LogP contribution in [0.1, 0.15) is 13.8 Å². The summed E-state index contributed by atoms with van der Waals surface area (Å²) in [6, 6.07) is 14.5. The largest absolute Gasteiger partial charge is 0.326 e. The van der Waals surface area contributed by atoms with Gasteiger partial charge in [0.05, 0.1) is 16.0 Å². The minimum absolute atomic E-state index is 0.113. The fourth-order valence-electron chi connectivity index (χ4n) is 1.87. The highest BCUT2D eigenvalue weighted by Gasteiger charge is 2.15. The lowest BCUT2D eigenvalue weighted by atomic mass is 10.3. The Morgan fingerprint density at radius 2 is 1.70 bits per heavy atom. The van der Waals surface area contributed by atoms with Gasteiger partial charge in [0.15, 0.2) is 0 Å². The molecule has 0 fully saturated rings. The van der Waals surface area contributed by atoms with Crippen LogP contribution >= 0.6 is 23.4 Å². The van der Waals surface area contributed by atoms with Crippen LogP contribution in [0.25, 0.3) is 0 Å². The number of hydrogen-bond acceptors (Lipinski definition) is 3. The Morgan fingerprint density at radius 3 is 2.30 bits per heavy atom. The third kappa shape index (κ3) is 5.30. The van der Waals surface area contributed by atoms with Crippen molar-refractivity contribution in [3.05, 3.63) is 53.6 Å². The van der Waals surface area contributed by atoms with E-state index < -0.39 is 0 Å². The Labute approximate surface area is 144 Å². The predicted molar refractivity (Wildman–Crippen MR) is 96.1 cm³/mol. The first-order valence-corrected chi connectivity index (χ1v) is 8.31. The molecular formula is C17H17ClN2O2S. The van der Waals surface area contributed by atoms with Crippen molar-refractivity contribution in [3.8, 4) is 0 Å². The number of thioether (sulfide) groups is 1. The zero-order valence-corrected chi connectivity index (χ0v) is 14.4. The second-order valence-electron chi connectivity index (χ2n) is 4.93. The van der Waals surface area contributed by atoms with Gasteiger partial charge >= 0.3 is 0 Å². The molecule has 2 N–H and O–H groups in total. The topological polar surface area (TPSA) is 58.2 Å². The minimum Gasteiger partial charge on any atom is -0.326 e. The van der Waals surface area contributed by atoms with Crippen LogP contribution in [0.5, 0.6) is 0 Å². The average Bonchev–Trinajstić information content (AvgIpc) is 2.51. The van der Waals surface area contributed by atoms with Gasteiger partial charge in [-0.1, -0.05) is 23.7 Å². The molecule has 0 heterocycles. The zero-order chi connectivity index (χ0) is 16.8. The number of amides is 2. The number of rotatable bonds is 5. The molecule has 0 aliphatic heterocycles. The molecule has 0 bridgehead atoms. The molecular weight excluding hydrogens is 332 g/mol. The van der Waals surface area contributed by atoms with Gasteiger partial charge in [0.1, 0.15) is 0 Å². The Bertz CT molecular complexity index is 704. The lowest BCUT2D eigenvalue weighted by molar-refractivity contribution is -0.115. The molecule has 2 rings (SSSR count). The second kappa shape index (κ2) is 8.04. The SMILES string of the molecule is CC(=O)Nc1ccc(S[C@@H](C)C(=O)Nc2ccccc2Cl)cc1. The molecule has 0 saturated heterocycles. The van der Waals surface area contributed by atoms with Gasteiger partial charge in [0, 0.05) is 17.5 Å². The van der Waals surface area contributed by atoms with Crippen LogP contribution in [0.4, 0.5) is 11.4 Å². The smallest absolute Gasteiger partial charge is 0.237 e. The van der Waals surface area contributed by atoms with Crippen LogP contribution in [0.2, 0.25) is 5.02 Å². The second-order valence-corrected chi connectivity index (χ2v) is 6.76. The summed E-state index contributed by atoms with van der Waals surface area (Å²) in [5.41, 5.74) is 1.34. The van der Waals surface area contributed by atoms with Gasteiger partial charge in [-0.2, -0.15) is 0 Å². The number of hydrogen-bond donors (Lipinski definition) is 2. The molecule has 120 valence electrons. The number of halogens is 1. The Hall–Kier alpha value is -1.98. The Balaban J connectivity index is 1.95. The molecule has 6 heteroatoms. The molecule has 2 amide bonds. The monoisotopic (exact) mass is 348 g/mol. The van der Waals surface area contributed by atoms with E-state index in [4.69, 9.17) is 11.6 Å². The summed E-state index contributed by atoms with van der Waals surface area (Å²) in [6.07, 6.45) is 0. The van der Waals surface area contributed by atoms with Crippen molar-refractivity contribution in [2.45, 2.75) is 24.0 Å². The number of nitrogens with one attached hydrogen (secondary N) is 2. The summed E-state index contributed by atoms with van der Waals surface area (Å²) >= 11 is 7.47. The van der Waals surface area contributed by atoms with E-state index in [2.05, 4.69) is 10.6 Å². The van der Waals surface area contributed by atoms with Gasteiger partial charge < -0.3 is 10.6 Å². The summed E-state index contributed by atoms with van der Waals surface area (Å²) in [6.45, 7) is 3.29. The van der Waals surface area contributed by atoms with Crippen LogP contribution in [0.3, 0.4) is 0 Å². The van der Waals surface area contributed by atoms with Gasteiger partial charge in [0.25, 0.3) is 0 Å². The normalized spacial score (nSPS) is 11.6. The highest BCUT2D eigenvalue weighted by atomic mass is 35.5. The van der Waals surface area contributed by atoms with Crippen molar-refractivity contribution >= 4 is 46.6 Å². The van der Waals surface area contributed by atoms with Crippen LogP contribution < -0.4 is 10.6 Å². The standard InChI is InChI=1S/C17H17ClN2O2S/c1-11(17(22)20-16-6-4-3-5-15(16)18)23-14-9-7-13(8-10-14)19-12(2)21/h3-11H,1-2H3,(H,19,21)(H,20,22)/t11-/m0/s1. The molecule has 0 spiro atoms. The maximum absolute atomic E-state index is 12.2. The van der Waals surface area contributed by atoms with Crippen LogP contribution in [0, 0.1) is 0 Å². The van der Waals surface area contributed by atoms with E-state index in [1.165, 1.54) is 18.7 Å². The van der Waals surface area contributed by atoms with Crippen molar-refractivity contribution in [1.82, 2.24) is 0 Å². The van der Waals surface area contributed by atoms with Gasteiger partial charge in [0.2, 0.25) is 11.8 Å². The highest BCUT2D eigenvalue weighted by molar-refractivity contribution is 8.00. The molecule has 2 aromatic rings. The van der Waals surface area contributed by atoms with Crippen molar-refractivity contribution in [2.24, 2.45) is 0 Å². The molecule has 23 heavy (non-hydrogen) atoms. The molecule has 0 radical (unpaired) electrons. The number of carbonyl (C=O) groups is 2. The molecule has 0 unspecified atom stereocenters. The van der Waals surface area contributed by atoms with Gasteiger partial charge in [-0.25, -0.2) is 0 Å². The van der Waals surface area contributed by atoms with E-state index in [1.807, 2.05) is 43.3 Å². The fraction of sp³-hybridized carbons (Fsp3) is 0.176. The molecule has 4 nitrogen and oxygen atoms in total. The molecule has 0 aromatic heterocycles. The molecule has 1 atom stereocenters. The predicted octanol–water partition coefficient (Wildman–Crippen LogP) is 4.42. The summed E-state index contributed by atoms with van der Waals surface area (Å²) in [5.74, 6) is -0.230. The van der Waals surface area contributed by atoms with Crippen molar-refractivity contribution in [3.63, 3.8) is 0 Å². The lowest BCUT2D eigenvalue weighted by Crippen LogP contribution is -2.22. The van der Waals surface area contributed by atoms with Gasteiger partial charge in [-0.3, -0.25) is 9.59 Å². The molecule has 0 aliphatic carbocycles. The van der Waals surface area contributed by atoms with Gasteiger partial charge in [-0.05, 0) is 43.3 Å². The van der Waals surface area contributed by atoms with Crippen molar-refractivity contribution < 1.29 is 9.59 Å². The van der Waals surface area contributed by atoms with Crippen LogP contribution in [-0.4, -0.2) is 17.1 Å². The summed E-state index contributed by atoms with van der Waals surface area (Å²) in [4.78, 5) is 24.2. The summed E-state index contributed by atoms with van der Waals surface area (Å²) in [5, 5.41) is 5.76. The number of carbonyl (C=O) groups excluding carboxylic acids is 2. The molecule has 0 saturated carbocycles. The maximum atomic E-state index is 12.2. The number of para-hydroxylation sites is 1. The van der Waals surface area contributed by atoms with E-state index in [0.717, 1.165) is 10.6 Å². The van der Waals surface area contributed by atoms with E-state index in [0.29, 0.717) is 10.7 Å². The zero-order valence-electron chi connectivity index (χ0n) is 12.8. The Morgan fingerprint density at radius 1 is 1.04 bits per heavy atom. The third-order valence-electron chi connectivity index (χ3n) is 2.99. The first kappa shape index (κ1) is 17.4. The highest BCUT2D eigenvalue weighted by Crippen LogP contribution is 2.27. The van der Waals surface area contributed by atoms with Crippen LogP contribution in [0.15, 0.2) is 53.4 Å². The number of benzene rings is 2. The van der Waals surface area contributed by atoms with E-state index in [9.17, 15) is 9.59 Å².